The number of anilines is 2. The maximum absolute atomic E-state index is 12.1. The first-order valence-electron chi connectivity index (χ1n) is 8.77. The summed E-state index contributed by atoms with van der Waals surface area (Å²) in [6.07, 6.45) is 0.333. The second-order valence-electron chi connectivity index (χ2n) is 5.88. The lowest BCUT2D eigenvalue weighted by atomic mass is 10.3. The van der Waals surface area contributed by atoms with Crippen molar-refractivity contribution in [3.8, 4) is 0 Å². The number of benzene rings is 2. The van der Waals surface area contributed by atoms with Gasteiger partial charge in [0.1, 0.15) is 6.61 Å². The van der Waals surface area contributed by atoms with Gasteiger partial charge < -0.3 is 4.74 Å². The van der Waals surface area contributed by atoms with E-state index in [4.69, 9.17) is 4.74 Å². The number of aromatic nitrogens is 1. The number of esters is 1. The van der Waals surface area contributed by atoms with Crippen LogP contribution in [0.3, 0.4) is 0 Å². The van der Waals surface area contributed by atoms with Crippen LogP contribution in [0.15, 0.2) is 70.9 Å². The van der Waals surface area contributed by atoms with Crippen molar-refractivity contribution in [2.75, 3.05) is 10.7 Å². The molecule has 0 spiro atoms. The Hall–Kier alpha value is -2.64. The molecule has 0 aliphatic rings. The fourth-order valence-electron chi connectivity index (χ4n) is 2.46. The highest BCUT2D eigenvalue weighted by atomic mass is 32.2. The van der Waals surface area contributed by atoms with Gasteiger partial charge in [-0.05, 0) is 24.3 Å². The molecule has 5 nitrogen and oxygen atoms in total. The first-order valence-corrected chi connectivity index (χ1v) is 10.6. The van der Waals surface area contributed by atoms with Gasteiger partial charge in [-0.15, -0.1) is 23.1 Å². The third-order valence-electron chi connectivity index (χ3n) is 3.76. The molecule has 1 amide bonds. The molecule has 3 rings (SSSR count). The van der Waals surface area contributed by atoms with E-state index in [2.05, 4.69) is 4.98 Å². The maximum atomic E-state index is 12.1. The van der Waals surface area contributed by atoms with Crippen LogP contribution >= 0.6 is 23.1 Å². The van der Waals surface area contributed by atoms with E-state index in [1.54, 1.807) is 22.0 Å². The number of thiazole rings is 1. The fraction of sp³-hybridized carbons (Fsp3) is 0.190. The number of hydrogen-bond donors (Lipinski definition) is 0. The van der Waals surface area contributed by atoms with E-state index in [0.717, 1.165) is 10.6 Å². The molecule has 0 atom stereocenters. The van der Waals surface area contributed by atoms with E-state index < -0.39 is 0 Å². The standard InChI is InChI=1S/C21H20N2O3S2/c1-16(24)23(18-8-4-2-5-9-18)21-22-17(15-28-21)14-26-20(25)12-13-27-19-10-6-3-7-11-19/h2-11,15H,12-14H2,1H3. The zero-order chi connectivity index (χ0) is 19.8. The van der Waals surface area contributed by atoms with Gasteiger partial charge in [-0.1, -0.05) is 36.4 Å². The van der Waals surface area contributed by atoms with Crippen molar-refractivity contribution in [1.82, 2.24) is 4.98 Å². The minimum atomic E-state index is -0.260. The van der Waals surface area contributed by atoms with Gasteiger partial charge in [0.15, 0.2) is 5.13 Å². The molecule has 2 aromatic carbocycles. The molecule has 7 heteroatoms. The number of thioether (sulfide) groups is 1. The van der Waals surface area contributed by atoms with Gasteiger partial charge in [0.25, 0.3) is 0 Å². The highest BCUT2D eigenvalue weighted by Gasteiger charge is 2.18. The molecule has 1 aromatic heterocycles. The van der Waals surface area contributed by atoms with Crippen molar-refractivity contribution in [3.63, 3.8) is 0 Å². The van der Waals surface area contributed by atoms with E-state index >= 15 is 0 Å². The fourth-order valence-corrected chi connectivity index (χ4v) is 4.19. The normalized spacial score (nSPS) is 10.5. The van der Waals surface area contributed by atoms with E-state index in [-0.39, 0.29) is 18.5 Å². The molecule has 3 aromatic rings. The number of amides is 1. The second kappa shape index (κ2) is 10.1. The number of hydrogen-bond acceptors (Lipinski definition) is 6. The van der Waals surface area contributed by atoms with Gasteiger partial charge in [0.05, 0.1) is 17.8 Å². The van der Waals surface area contributed by atoms with Gasteiger partial charge in [0.2, 0.25) is 5.91 Å². The lowest BCUT2D eigenvalue weighted by Gasteiger charge is -2.17. The van der Waals surface area contributed by atoms with Crippen LogP contribution in [0.2, 0.25) is 0 Å². The summed E-state index contributed by atoms with van der Waals surface area (Å²) in [5, 5.41) is 2.37. The summed E-state index contributed by atoms with van der Waals surface area (Å²) in [4.78, 5) is 31.1. The van der Waals surface area contributed by atoms with Crippen molar-refractivity contribution < 1.29 is 14.3 Å². The summed E-state index contributed by atoms with van der Waals surface area (Å²) in [7, 11) is 0. The third kappa shape index (κ3) is 5.68. The summed E-state index contributed by atoms with van der Waals surface area (Å²) in [6, 6.07) is 19.3. The Kier molecular flexibility index (Phi) is 7.22. The van der Waals surface area contributed by atoms with Gasteiger partial charge >= 0.3 is 5.97 Å². The summed E-state index contributed by atoms with van der Waals surface area (Å²) in [5.74, 6) is 0.281. The van der Waals surface area contributed by atoms with Gasteiger partial charge in [0, 0.05) is 23.0 Å². The lowest BCUT2D eigenvalue weighted by Crippen LogP contribution is -2.22. The topological polar surface area (TPSA) is 59.5 Å². The monoisotopic (exact) mass is 412 g/mol. The molecule has 0 saturated heterocycles. The van der Waals surface area contributed by atoms with E-state index in [1.807, 2.05) is 60.7 Å². The van der Waals surface area contributed by atoms with Crippen LogP contribution in [0.5, 0.6) is 0 Å². The van der Waals surface area contributed by atoms with Crippen LogP contribution in [0.1, 0.15) is 19.0 Å². The van der Waals surface area contributed by atoms with Crippen LogP contribution in [0.4, 0.5) is 10.8 Å². The van der Waals surface area contributed by atoms with E-state index in [0.29, 0.717) is 23.0 Å². The Labute approximate surface area is 172 Å². The molecule has 0 radical (unpaired) electrons. The van der Waals surface area contributed by atoms with E-state index in [1.165, 1.54) is 18.3 Å². The second-order valence-corrected chi connectivity index (χ2v) is 7.89. The Morgan fingerprint density at radius 1 is 1.07 bits per heavy atom. The van der Waals surface area contributed by atoms with Crippen molar-refractivity contribution >= 4 is 45.8 Å². The molecular weight excluding hydrogens is 392 g/mol. The maximum Gasteiger partial charge on any atom is 0.307 e. The number of rotatable bonds is 8. The predicted octanol–water partition coefficient (Wildman–Crippen LogP) is 5.05. The molecule has 0 unspecified atom stereocenters. The molecule has 0 bridgehead atoms. The zero-order valence-electron chi connectivity index (χ0n) is 15.4. The Morgan fingerprint density at radius 3 is 2.43 bits per heavy atom. The average Bonchev–Trinajstić information content (AvgIpc) is 3.16. The predicted molar refractivity (Wildman–Crippen MR) is 113 cm³/mol. The molecule has 1 heterocycles. The smallest absolute Gasteiger partial charge is 0.307 e. The van der Waals surface area contributed by atoms with Crippen LogP contribution in [-0.4, -0.2) is 22.6 Å². The largest absolute Gasteiger partial charge is 0.459 e. The zero-order valence-corrected chi connectivity index (χ0v) is 17.0. The van der Waals surface area contributed by atoms with Crippen LogP contribution in [0, 0.1) is 0 Å². The Balaban J connectivity index is 1.51. The summed E-state index contributed by atoms with van der Waals surface area (Å²) < 4.78 is 5.31. The highest BCUT2D eigenvalue weighted by Crippen LogP contribution is 2.29. The summed E-state index contributed by atoms with van der Waals surface area (Å²) >= 11 is 2.97. The quantitative estimate of drug-likeness (QED) is 0.383. The van der Waals surface area contributed by atoms with Crippen LogP contribution in [-0.2, 0) is 20.9 Å². The van der Waals surface area contributed by atoms with Gasteiger partial charge in [-0.3, -0.25) is 14.5 Å². The van der Waals surface area contributed by atoms with Crippen molar-refractivity contribution in [2.45, 2.75) is 24.8 Å². The molecule has 28 heavy (non-hydrogen) atoms. The summed E-state index contributed by atoms with van der Waals surface area (Å²) in [5.41, 5.74) is 1.39. The average molecular weight is 413 g/mol. The van der Waals surface area contributed by atoms with Crippen molar-refractivity contribution in [1.29, 1.82) is 0 Å². The number of para-hydroxylation sites is 1. The molecule has 0 fully saturated rings. The Morgan fingerprint density at radius 2 is 1.75 bits per heavy atom. The Bertz CT molecular complexity index is 914. The molecule has 0 N–H and O–H groups in total. The van der Waals surface area contributed by atoms with Crippen molar-refractivity contribution in [3.05, 3.63) is 71.7 Å². The molecule has 144 valence electrons. The van der Waals surface area contributed by atoms with Crippen LogP contribution < -0.4 is 4.90 Å². The SMILES string of the molecule is CC(=O)N(c1ccccc1)c1nc(COC(=O)CCSc2ccccc2)cs1. The molecule has 0 saturated carbocycles. The number of ether oxygens (including phenoxy) is 1. The van der Waals surface area contributed by atoms with Crippen molar-refractivity contribution in [2.24, 2.45) is 0 Å². The molecule has 0 aliphatic carbocycles. The number of carbonyl (C=O) groups excluding carboxylic acids is 2. The minimum absolute atomic E-state index is 0.103. The number of nitrogens with zero attached hydrogens (tertiary/aromatic N) is 2. The van der Waals surface area contributed by atoms with Crippen LogP contribution in [0.25, 0.3) is 0 Å². The minimum Gasteiger partial charge on any atom is -0.459 e. The first kappa shape index (κ1) is 20.1. The number of carbonyl (C=O) groups is 2. The summed E-state index contributed by atoms with van der Waals surface area (Å²) in [6.45, 7) is 1.60. The lowest BCUT2D eigenvalue weighted by molar-refractivity contribution is -0.144. The third-order valence-corrected chi connectivity index (χ3v) is 5.65. The van der Waals surface area contributed by atoms with Gasteiger partial charge in [-0.25, -0.2) is 4.98 Å². The molecule has 0 aliphatic heterocycles. The first-order chi connectivity index (χ1) is 13.6. The highest BCUT2D eigenvalue weighted by molar-refractivity contribution is 7.99. The van der Waals surface area contributed by atoms with E-state index in [9.17, 15) is 9.59 Å². The van der Waals surface area contributed by atoms with Gasteiger partial charge in [-0.2, -0.15) is 0 Å². The molecular formula is C21H20N2O3S2.